The first-order chi connectivity index (χ1) is 16.5. The van der Waals surface area contributed by atoms with Gasteiger partial charge in [0.1, 0.15) is 16.3 Å². The molecule has 0 radical (unpaired) electrons. The van der Waals surface area contributed by atoms with E-state index in [1.165, 1.54) is 6.07 Å². The molecule has 3 aliphatic heterocycles. The van der Waals surface area contributed by atoms with Crippen LogP contribution in [0.25, 0.3) is 0 Å². The second-order valence-electron chi connectivity index (χ2n) is 8.32. The number of methoxy groups -OCH3 is 1. The van der Waals surface area contributed by atoms with E-state index in [-0.39, 0.29) is 22.9 Å². The highest BCUT2D eigenvalue weighted by Gasteiger charge is 2.39. The number of nitrogens with zero attached hydrogens (tertiary/aromatic N) is 3. The summed E-state index contributed by atoms with van der Waals surface area (Å²) in [6.07, 6.45) is 0.681. The lowest BCUT2D eigenvalue weighted by molar-refractivity contribution is 0.216. The quantitative estimate of drug-likeness (QED) is 0.684. The van der Waals surface area contributed by atoms with E-state index in [0.29, 0.717) is 31.9 Å². The van der Waals surface area contributed by atoms with Crippen LogP contribution in [0.5, 0.6) is 17.2 Å². The second-order valence-corrected chi connectivity index (χ2v) is 10.2. The molecule has 10 nitrogen and oxygen atoms in total. The molecule has 1 fully saturated rings. The predicted molar refractivity (Wildman–Crippen MR) is 127 cm³/mol. The maximum Gasteiger partial charge on any atom is 0.335 e. The molecule has 3 heterocycles. The third kappa shape index (κ3) is 4.09. The minimum absolute atomic E-state index is 0.0253. The molecule has 2 aromatic rings. The SMILES string of the molecule is COc1ccccc1N1CCN(CCN2C(=O)Nc3c(ccc4c3OCCCO4)S2(=O)=O)CC1. The number of carbonyl (C=O) groups is 1. The molecule has 0 atom stereocenters. The lowest BCUT2D eigenvalue weighted by Crippen LogP contribution is -2.51. The smallest absolute Gasteiger partial charge is 0.335 e. The number of urea groups is 1. The number of amides is 2. The van der Waals surface area contributed by atoms with Crippen LogP contribution in [0.4, 0.5) is 16.2 Å². The first-order valence-corrected chi connectivity index (χ1v) is 12.8. The summed E-state index contributed by atoms with van der Waals surface area (Å²) in [5, 5.41) is 2.71. The average Bonchev–Trinajstić information content (AvgIpc) is 3.10. The van der Waals surface area contributed by atoms with E-state index in [2.05, 4.69) is 15.1 Å². The van der Waals surface area contributed by atoms with Gasteiger partial charge in [0.25, 0.3) is 10.0 Å². The van der Waals surface area contributed by atoms with Gasteiger partial charge in [-0.2, -0.15) is 0 Å². The minimum atomic E-state index is -4.01. The molecule has 0 bridgehead atoms. The van der Waals surface area contributed by atoms with Gasteiger partial charge in [-0.05, 0) is 24.3 Å². The number of para-hydroxylation sites is 2. The van der Waals surface area contributed by atoms with E-state index in [1.54, 1.807) is 13.2 Å². The summed E-state index contributed by atoms with van der Waals surface area (Å²) in [6.45, 7) is 4.46. The normalized spacial score (nSPS) is 19.7. The molecule has 0 saturated carbocycles. The van der Waals surface area contributed by atoms with Crippen LogP contribution in [0.2, 0.25) is 0 Å². The molecule has 0 unspecified atom stereocenters. The minimum Gasteiger partial charge on any atom is -0.495 e. The van der Waals surface area contributed by atoms with Crippen LogP contribution < -0.4 is 24.4 Å². The molecule has 34 heavy (non-hydrogen) atoms. The van der Waals surface area contributed by atoms with Crippen LogP contribution in [-0.4, -0.2) is 83.2 Å². The lowest BCUT2D eigenvalue weighted by atomic mass is 10.2. The molecule has 5 rings (SSSR count). The summed E-state index contributed by atoms with van der Waals surface area (Å²) in [7, 11) is -2.35. The summed E-state index contributed by atoms with van der Waals surface area (Å²) >= 11 is 0. The molecule has 3 aliphatic rings. The number of anilines is 2. The van der Waals surface area contributed by atoms with Crippen LogP contribution in [-0.2, 0) is 10.0 Å². The molecular weight excluding hydrogens is 460 g/mol. The standard InChI is InChI=1S/C23H28N4O6S/c1-31-18-6-3-2-5-17(18)26-12-9-25(10-13-26)11-14-27-23(28)24-21-20(34(27,29)30)8-7-19-22(21)33-16-4-15-32-19/h2-3,5-8H,4,9-16H2,1H3,(H,24,28). The molecule has 11 heteroatoms. The summed E-state index contributed by atoms with van der Waals surface area (Å²) in [6, 6.07) is 10.3. The van der Waals surface area contributed by atoms with E-state index in [9.17, 15) is 13.2 Å². The fourth-order valence-corrected chi connectivity index (χ4v) is 5.97. The molecule has 1 N–H and O–H groups in total. The Labute approximate surface area is 199 Å². The van der Waals surface area contributed by atoms with Gasteiger partial charge in [0.15, 0.2) is 11.5 Å². The second kappa shape index (κ2) is 9.22. The zero-order valence-corrected chi connectivity index (χ0v) is 19.8. The Bertz CT molecular complexity index is 1180. The van der Waals surface area contributed by atoms with E-state index < -0.39 is 16.1 Å². The number of hydrogen-bond acceptors (Lipinski definition) is 8. The Morgan fingerprint density at radius 2 is 1.76 bits per heavy atom. The molecule has 0 spiro atoms. The monoisotopic (exact) mass is 488 g/mol. The Hall–Kier alpha value is -3.18. The summed E-state index contributed by atoms with van der Waals surface area (Å²) < 4.78 is 44.3. The van der Waals surface area contributed by atoms with Crippen molar-refractivity contribution < 1.29 is 27.4 Å². The van der Waals surface area contributed by atoms with Gasteiger partial charge >= 0.3 is 6.03 Å². The number of fused-ring (bicyclic) bond motifs is 3. The van der Waals surface area contributed by atoms with Gasteiger partial charge in [-0.25, -0.2) is 17.5 Å². The van der Waals surface area contributed by atoms with Crippen molar-refractivity contribution in [3.8, 4) is 17.2 Å². The fraction of sp³-hybridized carbons (Fsp3) is 0.435. The van der Waals surface area contributed by atoms with Gasteiger partial charge in [-0.3, -0.25) is 4.90 Å². The molecule has 2 aromatic carbocycles. The van der Waals surface area contributed by atoms with Gasteiger partial charge in [-0.15, -0.1) is 0 Å². The fourth-order valence-electron chi connectivity index (χ4n) is 4.51. The van der Waals surface area contributed by atoms with Crippen LogP contribution in [0.15, 0.2) is 41.3 Å². The maximum atomic E-state index is 13.3. The molecule has 0 aliphatic carbocycles. The van der Waals surface area contributed by atoms with Crippen LogP contribution >= 0.6 is 0 Å². The van der Waals surface area contributed by atoms with E-state index in [1.807, 2.05) is 24.3 Å². The molecule has 2 amide bonds. The van der Waals surface area contributed by atoms with Crippen molar-refractivity contribution in [2.45, 2.75) is 11.3 Å². The maximum absolute atomic E-state index is 13.3. The Balaban J connectivity index is 1.26. The number of piperazine rings is 1. The number of hydrogen-bond donors (Lipinski definition) is 1. The van der Waals surface area contributed by atoms with Gasteiger partial charge < -0.3 is 24.4 Å². The van der Waals surface area contributed by atoms with Crippen molar-refractivity contribution in [2.75, 3.05) is 69.8 Å². The van der Waals surface area contributed by atoms with E-state index >= 15 is 0 Å². The number of ether oxygens (including phenoxy) is 3. The third-order valence-corrected chi connectivity index (χ3v) is 8.14. The molecular formula is C23H28N4O6S. The van der Waals surface area contributed by atoms with Gasteiger partial charge in [0.2, 0.25) is 0 Å². The predicted octanol–water partition coefficient (Wildman–Crippen LogP) is 2.21. The van der Waals surface area contributed by atoms with E-state index in [0.717, 1.165) is 41.9 Å². The number of nitrogens with one attached hydrogen (secondary N) is 1. The van der Waals surface area contributed by atoms with Gasteiger partial charge in [0, 0.05) is 39.1 Å². The Morgan fingerprint density at radius 1 is 1.00 bits per heavy atom. The van der Waals surface area contributed by atoms with Gasteiger partial charge in [-0.1, -0.05) is 12.1 Å². The van der Waals surface area contributed by atoms with Crippen molar-refractivity contribution in [3.63, 3.8) is 0 Å². The number of rotatable bonds is 5. The number of benzene rings is 2. The lowest BCUT2D eigenvalue weighted by Gasteiger charge is -2.37. The summed E-state index contributed by atoms with van der Waals surface area (Å²) in [4.78, 5) is 17.3. The summed E-state index contributed by atoms with van der Waals surface area (Å²) in [5.74, 6) is 1.55. The molecule has 0 aromatic heterocycles. The molecule has 182 valence electrons. The van der Waals surface area contributed by atoms with E-state index in [4.69, 9.17) is 14.2 Å². The zero-order chi connectivity index (χ0) is 23.7. The van der Waals surface area contributed by atoms with Crippen molar-refractivity contribution >= 4 is 27.4 Å². The third-order valence-electron chi connectivity index (χ3n) is 6.32. The Kier molecular flexibility index (Phi) is 6.13. The van der Waals surface area contributed by atoms with Crippen molar-refractivity contribution in [3.05, 3.63) is 36.4 Å². The highest BCUT2D eigenvalue weighted by atomic mass is 32.2. The molecule has 1 saturated heterocycles. The zero-order valence-electron chi connectivity index (χ0n) is 19.0. The topological polar surface area (TPSA) is 101 Å². The highest BCUT2D eigenvalue weighted by molar-refractivity contribution is 7.90. The van der Waals surface area contributed by atoms with Crippen molar-refractivity contribution in [1.82, 2.24) is 9.21 Å². The van der Waals surface area contributed by atoms with Crippen molar-refractivity contribution in [2.24, 2.45) is 0 Å². The van der Waals surface area contributed by atoms with Crippen LogP contribution in [0.3, 0.4) is 0 Å². The first-order valence-electron chi connectivity index (χ1n) is 11.4. The van der Waals surface area contributed by atoms with Gasteiger partial charge in [0.05, 0.1) is 32.6 Å². The number of carbonyl (C=O) groups excluding carboxylic acids is 1. The summed E-state index contributed by atoms with van der Waals surface area (Å²) in [5.41, 5.74) is 1.20. The van der Waals surface area contributed by atoms with Crippen LogP contribution in [0.1, 0.15) is 6.42 Å². The van der Waals surface area contributed by atoms with Crippen LogP contribution in [0, 0.1) is 0 Å². The first kappa shape index (κ1) is 22.6. The largest absolute Gasteiger partial charge is 0.495 e. The number of sulfonamides is 1. The highest BCUT2D eigenvalue weighted by Crippen LogP contribution is 2.44. The Morgan fingerprint density at radius 3 is 2.56 bits per heavy atom. The van der Waals surface area contributed by atoms with Crippen molar-refractivity contribution in [1.29, 1.82) is 0 Å². The average molecular weight is 489 g/mol.